The summed E-state index contributed by atoms with van der Waals surface area (Å²) in [5, 5.41) is 15.6. The number of alkyl halides is 3. The Morgan fingerprint density at radius 2 is 2.11 bits per heavy atom. The van der Waals surface area contributed by atoms with Gasteiger partial charge in [0.25, 0.3) is 0 Å². The molecule has 0 saturated carbocycles. The van der Waals surface area contributed by atoms with Crippen LogP contribution in [0.15, 0.2) is 5.16 Å². The van der Waals surface area contributed by atoms with Crippen LogP contribution in [0.3, 0.4) is 0 Å². The van der Waals surface area contributed by atoms with Crippen molar-refractivity contribution in [3.8, 4) is 0 Å². The van der Waals surface area contributed by atoms with Crippen LogP contribution in [0.1, 0.15) is 13.3 Å². The number of halogens is 3. The number of nitrogens with one attached hydrogen (secondary N) is 2. The summed E-state index contributed by atoms with van der Waals surface area (Å²) in [4.78, 5) is 11.0. The first-order chi connectivity index (χ1) is 8.32. The monoisotopic (exact) mass is 270 g/mol. The van der Waals surface area contributed by atoms with Crippen LogP contribution in [-0.4, -0.2) is 42.8 Å². The van der Waals surface area contributed by atoms with Crippen LogP contribution < -0.4 is 16.4 Å². The Hall–Kier alpha value is -1.51. The van der Waals surface area contributed by atoms with E-state index in [-0.39, 0.29) is 18.9 Å². The molecule has 6 nitrogen and oxygen atoms in total. The zero-order chi connectivity index (χ0) is 14.2. The standard InChI is InChI=1S/C9H17F3N4O2/c1-2-15-7(17)3-4-14-5-6(8(13)16-18)9(10,11)12/h6,14,18H,2-5H2,1H3,(H2,13,16)(H,15,17). The first-order valence-corrected chi connectivity index (χ1v) is 5.34. The van der Waals surface area contributed by atoms with Crippen molar-refractivity contribution < 1.29 is 23.2 Å². The first kappa shape index (κ1) is 16.5. The maximum atomic E-state index is 12.5. The molecule has 1 atom stereocenters. The Morgan fingerprint density at radius 1 is 1.50 bits per heavy atom. The molecule has 0 aromatic carbocycles. The van der Waals surface area contributed by atoms with Gasteiger partial charge in [0.1, 0.15) is 5.92 Å². The van der Waals surface area contributed by atoms with E-state index in [9.17, 15) is 18.0 Å². The van der Waals surface area contributed by atoms with E-state index >= 15 is 0 Å². The molecule has 1 amide bonds. The van der Waals surface area contributed by atoms with E-state index in [4.69, 9.17) is 10.9 Å². The molecule has 106 valence electrons. The van der Waals surface area contributed by atoms with Gasteiger partial charge in [-0.15, -0.1) is 0 Å². The van der Waals surface area contributed by atoms with Crippen LogP contribution in [0.5, 0.6) is 0 Å². The third-order valence-electron chi connectivity index (χ3n) is 2.12. The van der Waals surface area contributed by atoms with E-state index in [1.807, 2.05) is 0 Å². The zero-order valence-corrected chi connectivity index (χ0v) is 9.92. The van der Waals surface area contributed by atoms with Crippen LogP contribution in [0, 0.1) is 5.92 Å². The molecule has 0 aliphatic carbocycles. The maximum Gasteiger partial charge on any atom is 0.400 e. The minimum Gasteiger partial charge on any atom is -0.409 e. The van der Waals surface area contributed by atoms with Gasteiger partial charge in [0, 0.05) is 26.1 Å². The number of hydrogen-bond donors (Lipinski definition) is 4. The lowest BCUT2D eigenvalue weighted by Crippen LogP contribution is -2.43. The van der Waals surface area contributed by atoms with Crippen LogP contribution in [0.4, 0.5) is 13.2 Å². The fraction of sp³-hybridized carbons (Fsp3) is 0.778. The van der Waals surface area contributed by atoms with E-state index in [1.54, 1.807) is 6.92 Å². The minimum absolute atomic E-state index is 0.0641. The number of amidine groups is 1. The van der Waals surface area contributed by atoms with Crippen LogP contribution >= 0.6 is 0 Å². The van der Waals surface area contributed by atoms with Gasteiger partial charge in [-0.1, -0.05) is 5.16 Å². The number of carbonyl (C=O) groups excluding carboxylic acids is 1. The molecular weight excluding hydrogens is 253 g/mol. The van der Waals surface area contributed by atoms with E-state index in [1.165, 1.54) is 0 Å². The zero-order valence-electron chi connectivity index (χ0n) is 9.92. The molecule has 0 rings (SSSR count). The lowest BCUT2D eigenvalue weighted by Gasteiger charge is -2.19. The summed E-state index contributed by atoms with van der Waals surface area (Å²) in [5.41, 5.74) is 4.95. The average Bonchev–Trinajstić information content (AvgIpc) is 2.26. The van der Waals surface area contributed by atoms with Gasteiger partial charge in [-0.3, -0.25) is 4.79 Å². The Morgan fingerprint density at radius 3 is 2.56 bits per heavy atom. The molecule has 0 fully saturated rings. The highest BCUT2D eigenvalue weighted by molar-refractivity contribution is 5.83. The van der Waals surface area contributed by atoms with Gasteiger partial charge in [0.05, 0.1) is 0 Å². The highest BCUT2D eigenvalue weighted by Gasteiger charge is 2.42. The van der Waals surface area contributed by atoms with Crippen molar-refractivity contribution in [2.45, 2.75) is 19.5 Å². The second-order valence-corrected chi connectivity index (χ2v) is 3.53. The molecule has 9 heteroatoms. The Labute approximate surface area is 102 Å². The molecule has 18 heavy (non-hydrogen) atoms. The van der Waals surface area contributed by atoms with Crippen LogP contribution in [0.25, 0.3) is 0 Å². The van der Waals surface area contributed by atoms with E-state index in [2.05, 4.69) is 15.8 Å². The van der Waals surface area contributed by atoms with Gasteiger partial charge in [-0.25, -0.2) is 0 Å². The molecule has 0 bridgehead atoms. The molecule has 0 spiro atoms. The summed E-state index contributed by atoms with van der Waals surface area (Å²) < 4.78 is 37.4. The molecule has 0 heterocycles. The number of nitrogens with two attached hydrogens (primary N) is 1. The molecule has 5 N–H and O–H groups in total. The summed E-state index contributed by atoms with van der Waals surface area (Å²) in [7, 11) is 0. The summed E-state index contributed by atoms with van der Waals surface area (Å²) in [6, 6.07) is 0. The number of amides is 1. The van der Waals surface area contributed by atoms with Crippen molar-refractivity contribution in [1.82, 2.24) is 10.6 Å². The van der Waals surface area contributed by atoms with E-state index in [0.717, 1.165) is 0 Å². The largest absolute Gasteiger partial charge is 0.409 e. The first-order valence-electron chi connectivity index (χ1n) is 5.34. The van der Waals surface area contributed by atoms with Crippen molar-refractivity contribution in [3.63, 3.8) is 0 Å². The molecule has 0 aliphatic rings. The highest BCUT2D eigenvalue weighted by Crippen LogP contribution is 2.25. The topological polar surface area (TPSA) is 99.7 Å². The number of hydrogen-bond acceptors (Lipinski definition) is 4. The Bertz CT molecular complexity index is 294. The molecule has 0 aliphatic heterocycles. The molecule has 0 radical (unpaired) electrons. The van der Waals surface area contributed by atoms with Gasteiger partial charge in [0.15, 0.2) is 5.84 Å². The molecule has 0 aromatic rings. The third kappa shape index (κ3) is 6.28. The van der Waals surface area contributed by atoms with Gasteiger partial charge in [-0.05, 0) is 6.92 Å². The molecule has 1 unspecified atom stereocenters. The Kier molecular flexibility index (Phi) is 7.10. The predicted octanol–water partition coefficient (Wildman–Crippen LogP) is 0.0271. The van der Waals surface area contributed by atoms with Gasteiger partial charge in [-0.2, -0.15) is 13.2 Å². The lowest BCUT2D eigenvalue weighted by molar-refractivity contribution is -0.154. The fourth-order valence-corrected chi connectivity index (χ4v) is 1.19. The second kappa shape index (κ2) is 7.75. The number of rotatable bonds is 7. The molecule has 0 aromatic heterocycles. The van der Waals surface area contributed by atoms with Crippen molar-refractivity contribution in [2.24, 2.45) is 16.8 Å². The van der Waals surface area contributed by atoms with Crippen molar-refractivity contribution in [2.75, 3.05) is 19.6 Å². The van der Waals surface area contributed by atoms with Crippen molar-refractivity contribution in [3.05, 3.63) is 0 Å². The van der Waals surface area contributed by atoms with Gasteiger partial charge >= 0.3 is 6.18 Å². The van der Waals surface area contributed by atoms with Gasteiger partial charge in [0.2, 0.25) is 5.91 Å². The lowest BCUT2D eigenvalue weighted by atomic mass is 10.1. The Balaban J connectivity index is 4.11. The SMILES string of the molecule is CCNC(=O)CCNCC(C(N)=NO)C(F)(F)F. The van der Waals surface area contributed by atoms with Gasteiger partial charge < -0.3 is 21.6 Å². The number of nitrogens with zero attached hydrogens (tertiary/aromatic N) is 1. The maximum absolute atomic E-state index is 12.5. The molecular formula is C9H17F3N4O2. The quantitative estimate of drug-likeness (QED) is 0.172. The fourth-order valence-electron chi connectivity index (χ4n) is 1.19. The summed E-state index contributed by atoms with van der Waals surface area (Å²) in [6.07, 6.45) is -4.54. The minimum atomic E-state index is -4.60. The highest BCUT2D eigenvalue weighted by atomic mass is 19.4. The molecule has 0 saturated heterocycles. The summed E-state index contributed by atoms with van der Waals surface area (Å²) in [5.74, 6) is -3.23. The van der Waals surface area contributed by atoms with Crippen LogP contribution in [0.2, 0.25) is 0 Å². The number of oxime groups is 1. The second-order valence-electron chi connectivity index (χ2n) is 3.53. The van der Waals surface area contributed by atoms with Crippen molar-refractivity contribution in [1.29, 1.82) is 0 Å². The smallest absolute Gasteiger partial charge is 0.400 e. The third-order valence-corrected chi connectivity index (χ3v) is 2.12. The van der Waals surface area contributed by atoms with E-state index < -0.39 is 24.5 Å². The summed E-state index contributed by atoms with van der Waals surface area (Å²) >= 11 is 0. The van der Waals surface area contributed by atoms with Crippen molar-refractivity contribution >= 4 is 11.7 Å². The average molecular weight is 270 g/mol. The normalized spacial score (nSPS) is 14.3. The van der Waals surface area contributed by atoms with E-state index in [0.29, 0.717) is 6.54 Å². The number of carbonyl (C=O) groups is 1. The van der Waals surface area contributed by atoms with Crippen LogP contribution in [-0.2, 0) is 4.79 Å². The summed E-state index contributed by atoms with van der Waals surface area (Å²) in [6.45, 7) is 1.74. The predicted molar refractivity (Wildman–Crippen MR) is 59.1 cm³/mol.